The molecule has 1 aliphatic carbocycles. The molecule has 1 saturated carbocycles. The maximum atomic E-state index is 13.5. The molecule has 1 N–H and O–H groups in total. The Morgan fingerprint density at radius 2 is 2.16 bits per heavy atom. The van der Waals surface area contributed by atoms with Crippen LogP contribution in [-0.4, -0.2) is 21.1 Å². The minimum atomic E-state index is -0.202. The second kappa shape index (κ2) is 5.29. The van der Waals surface area contributed by atoms with E-state index in [1.54, 1.807) is 12.1 Å². The van der Waals surface area contributed by atoms with Crippen LogP contribution in [0, 0.1) is 10.6 Å². The van der Waals surface area contributed by atoms with Gasteiger partial charge in [0.15, 0.2) is 4.77 Å². The van der Waals surface area contributed by atoms with Crippen molar-refractivity contribution in [2.45, 2.75) is 37.0 Å². The van der Waals surface area contributed by atoms with Gasteiger partial charge < -0.3 is 9.55 Å². The Hall–Kier alpha value is -0.810. The maximum absolute atomic E-state index is 13.5. The molecule has 0 saturated heterocycles. The quantitative estimate of drug-likeness (QED) is 0.812. The van der Waals surface area contributed by atoms with Gasteiger partial charge in [0.2, 0.25) is 0 Å². The highest BCUT2D eigenvalue weighted by Gasteiger charge is 2.27. The number of aromatic amines is 1. The number of benzene rings is 1. The molecule has 0 spiro atoms. The summed E-state index contributed by atoms with van der Waals surface area (Å²) in [7, 11) is 0. The van der Waals surface area contributed by atoms with E-state index in [-0.39, 0.29) is 5.82 Å². The summed E-state index contributed by atoms with van der Waals surface area (Å²) in [5.41, 5.74) is 1.83. The van der Waals surface area contributed by atoms with E-state index >= 15 is 0 Å². The SMILES string of the molecule is CSC1CCCCC1n1c(=S)[nH]c2ccc(F)cc21. The predicted octanol–water partition coefficient (Wildman–Crippen LogP) is 4.68. The molecule has 19 heavy (non-hydrogen) atoms. The first-order valence-electron chi connectivity index (χ1n) is 6.63. The molecular weight excluding hydrogens is 279 g/mol. The van der Waals surface area contributed by atoms with Gasteiger partial charge in [-0.2, -0.15) is 11.8 Å². The summed E-state index contributed by atoms with van der Waals surface area (Å²) in [4.78, 5) is 3.20. The molecule has 102 valence electrons. The molecule has 1 aromatic heterocycles. The number of hydrogen-bond acceptors (Lipinski definition) is 2. The van der Waals surface area contributed by atoms with Crippen LogP contribution in [0.5, 0.6) is 0 Å². The average Bonchev–Trinajstić information content (AvgIpc) is 2.74. The van der Waals surface area contributed by atoms with E-state index in [9.17, 15) is 4.39 Å². The molecule has 2 unspecified atom stereocenters. The predicted molar refractivity (Wildman–Crippen MR) is 81.9 cm³/mol. The van der Waals surface area contributed by atoms with Crippen molar-refractivity contribution in [3.8, 4) is 0 Å². The minimum Gasteiger partial charge on any atom is -0.331 e. The summed E-state index contributed by atoms with van der Waals surface area (Å²) in [5, 5.41) is 0.572. The summed E-state index contributed by atoms with van der Waals surface area (Å²) in [6.07, 6.45) is 7.01. The van der Waals surface area contributed by atoms with Crippen LogP contribution < -0.4 is 0 Å². The van der Waals surface area contributed by atoms with Gasteiger partial charge in [-0.1, -0.05) is 12.8 Å². The Kier molecular flexibility index (Phi) is 3.67. The highest BCUT2D eigenvalue weighted by molar-refractivity contribution is 7.99. The Morgan fingerprint density at radius 1 is 1.37 bits per heavy atom. The molecule has 0 aliphatic heterocycles. The van der Waals surface area contributed by atoms with Crippen molar-refractivity contribution in [1.82, 2.24) is 9.55 Å². The summed E-state index contributed by atoms with van der Waals surface area (Å²) in [5.74, 6) is -0.202. The number of nitrogens with one attached hydrogen (secondary N) is 1. The second-order valence-electron chi connectivity index (χ2n) is 5.09. The molecule has 1 fully saturated rings. The van der Waals surface area contributed by atoms with Crippen molar-refractivity contribution in [2.24, 2.45) is 0 Å². The van der Waals surface area contributed by atoms with E-state index in [0.717, 1.165) is 17.5 Å². The van der Waals surface area contributed by atoms with Crippen LogP contribution >= 0.6 is 24.0 Å². The van der Waals surface area contributed by atoms with E-state index in [4.69, 9.17) is 12.2 Å². The topological polar surface area (TPSA) is 20.7 Å². The summed E-state index contributed by atoms with van der Waals surface area (Å²) < 4.78 is 16.4. The number of aromatic nitrogens is 2. The summed E-state index contributed by atoms with van der Waals surface area (Å²) >= 11 is 7.35. The van der Waals surface area contributed by atoms with Crippen LogP contribution in [0.15, 0.2) is 18.2 Å². The zero-order valence-corrected chi connectivity index (χ0v) is 12.5. The number of thioether (sulfide) groups is 1. The fourth-order valence-electron chi connectivity index (χ4n) is 3.07. The molecule has 0 radical (unpaired) electrons. The van der Waals surface area contributed by atoms with Crippen molar-refractivity contribution in [3.63, 3.8) is 0 Å². The Morgan fingerprint density at radius 3 is 2.95 bits per heavy atom. The number of rotatable bonds is 2. The van der Waals surface area contributed by atoms with Crippen molar-refractivity contribution in [3.05, 3.63) is 28.8 Å². The lowest BCUT2D eigenvalue weighted by Crippen LogP contribution is -2.25. The lowest BCUT2D eigenvalue weighted by atomic mass is 9.94. The fourth-order valence-corrected chi connectivity index (χ4v) is 4.39. The molecule has 2 atom stereocenters. The lowest BCUT2D eigenvalue weighted by molar-refractivity contribution is 0.368. The Labute approximate surface area is 121 Å². The number of imidazole rings is 1. The molecule has 2 nitrogen and oxygen atoms in total. The van der Waals surface area contributed by atoms with Gasteiger partial charge in [0, 0.05) is 11.3 Å². The third-order valence-electron chi connectivity index (χ3n) is 3.98. The fraction of sp³-hybridized carbons (Fsp3) is 0.500. The number of fused-ring (bicyclic) bond motifs is 1. The third kappa shape index (κ3) is 2.34. The molecule has 0 bridgehead atoms. The van der Waals surface area contributed by atoms with Gasteiger partial charge >= 0.3 is 0 Å². The number of hydrogen-bond donors (Lipinski definition) is 1. The van der Waals surface area contributed by atoms with Crippen LogP contribution in [0.4, 0.5) is 4.39 Å². The van der Waals surface area contributed by atoms with E-state index < -0.39 is 0 Å². The highest BCUT2D eigenvalue weighted by atomic mass is 32.2. The van der Waals surface area contributed by atoms with E-state index in [1.807, 2.05) is 11.8 Å². The van der Waals surface area contributed by atoms with Gasteiger partial charge in [-0.05, 0) is 49.5 Å². The normalized spacial score (nSPS) is 23.9. The molecule has 2 aromatic rings. The van der Waals surface area contributed by atoms with Gasteiger partial charge in [-0.15, -0.1) is 0 Å². The molecule has 1 aromatic carbocycles. The van der Waals surface area contributed by atoms with E-state index in [2.05, 4.69) is 15.8 Å². The van der Waals surface area contributed by atoms with E-state index in [1.165, 1.54) is 25.3 Å². The average molecular weight is 296 g/mol. The first kappa shape index (κ1) is 13.2. The smallest absolute Gasteiger partial charge is 0.178 e. The molecule has 5 heteroatoms. The van der Waals surface area contributed by atoms with Gasteiger partial charge in [-0.25, -0.2) is 4.39 Å². The third-order valence-corrected chi connectivity index (χ3v) is 5.44. The van der Waals surface area contributed by atoms with Crippen LogP contribution in [0.3, 0.4) is 0 Å². The first-order chi connectivity index (χ1) is 9.20. The first-order valence-corrected chi connectivity index (χ1v) is 8.33. The Balaban J connectivity index is 2.15. The van der Waals surface area contributed by atoms with Gasteiger partial charge in [0.1, 0.15) is 5.82 Å². The Bertz CT molecular complexity index is 646. The molecule has 1 aliphatic rings. The van der Waals surface area contributed by atoms with Crippen molar-refractivity contribution >= 4 is 35.0 Å². The molecular formula is C14H17FN2S2. The lowest BCUT2D eigenvalue weighted by Gasteiger charge is -2.31. The molecule has 0 amide bonds. The van der Waals surface area contributed by atoms with Crippen LogP contribution in [0.1, 0.15) is 31.7 Å². The second-order valence-corrected chi connectivity index (χ2v) is 6.55. The van der Waals surface area contributed by atoms with Crippen molar-refractivity contribution in [1.29, 1.82) is 0 Å². The zero-order valence-electron chi connectivity index (χ0n) is 10.9. The van der Waals surface area contributed by atoms with Gasteiger partial charge in [-0.3, -0.25) is 0 Å². The maximum Gasteiger partial charge on any atom is 0.178 e. The van der Waals surface area contributed by atoms with Crippen LogP contribution in [0.2, 0.25) is 0 Å². The molecule has 1 heterocycles. The number of H-pyrrole nitrogens is 1. The number of nitrogens with zero attached hydrogens (tertiary/aromatic N) is 1. The zero-order chi connectivity index (χ0) is 13.4. The summed E-state index contributed by atoms with van der Waals surface area (Å²) in [6.45, 7) is 0. The van der Waals surface area contributed by atoms with Gasteiger partial charge in [0.25, 0.3) is 0 Å². The highest BCUT2D eigenvalue weighted by Crippen LogP contribution is 2.37. The summed E-state index contributed by atoms with van der Waals surface area (Å²) in [6, 6.07) is 5.22. The monoisotopic (exact) mass is 296 g/mol. The van der Waals surface area contributed by atoms with Crippen molar-refractivity contribution < 1.29 is 4.39 Å². The van der Waals surface area contributed by atoms with Crippen LogP contribution in [-0.2, 0) is 0 Å². The standard InChI is InChI=1S/C14H17FN2S2/c1-19-13-5-3-2-4-11(13)17-12-8-9(15)6-7-10(12)16-14(17)18/h6-8,11,13H,2-5H2,1H3,(H,16,18). The van der Waals surface area contributed by atoms with E-state index in [0.29, 0.717) is 16.1 Å². The van der Waals surface area contributed by atoms with Crippen molar-refractivity contribution in [2.75, 3.05) is 6.26 Å². The van der Waals surface area contributed by atoms with Gasteiger partial charge in [0.05, 0.1) is 11.0 Å². The minimum absolute atomic E-state index is 0.202. The number of halogens is 1. The van der Waals surface area contributed by atoms with Crippen LogP contribution in [0.25, 0.3) is 11.0 Å². The largest absolute Gasteiger partial charge is 0.331 e. The molecule has 3 rings (SSSR count).